The van der Waals surface area contributed by atoms with E-state index in [1.54, 1.807) is 0 Å². The normalized spacial score (nSPS) is 12.6. The summed E-state index contributed by atoms with van der Waals surface area (Å²) in [6, 6.07) is 3.49. The Kier molecular flexibility index (Phi) is 5.07. The summed E-state index contributed by atoms with van der Waals surface area (Å²) in [4.78, 5) is 0. The van der Waals surface area contributed by atoms with Gasteiger partial charge in [0.25, 0.3) is 0 Å². The fraction of sp³-hybridized carbons (Fsp3) is 0.286. The van der Waals surface area contributed by atoms with Gasteiger partial charge in [-0.25, -0.2) is 8.78 Å². The first-order valence-electron chi connectivity index (χ1n) is 6.04. The van der Waals surface area contributed by atoms with Crippen LogP contribution in [0.5, 0.6) is 0 Å². The Labute approximate surface area is 123 Å². The van der Waals surface area contributed by atoms with Crippen LogP contribution < -0.4 is 5.32 Å². The summed E-state index contributed by atoms with van der Waals surface area (Å²) < 4.78 is 28.8. The van der Waals surface area contributed by atoms with Gasteiger partial charge in [-0.2, -0.15) is 11.3 Å². The SMILES string of the molecule is CCCNC(c1cscc1Br)c1c(F)cccc1F. The van der Waals surface area contributed by atoms with E-state index >= 15 is 0 Å². The minimum atomic E-state index is -0.522. The predicted octanol–water partition coefficient (Wildman–Crippen LogP) is 4.88. The van der Waals surface area contributed by atoms with Gasteiger partial charge < -0.3 is 5.32 Å². The summed E-state index contributed by atoms with van der Waals surface area (Å²) in [5.74, 6) is -1.04. The standard InChI is InChI=1S/C14H14BrF2NS/c1-2-6-18-14(9-7-19-8-10(9)15)13-11(16)4-3-5-12(13)17/h3-5,7-8,14,18H,2,6H2,1H3. The van der Waals surface area contributed by atoms with Crippen LogP contribution in [0.2, 0.25) is 0 Å². The summed E-state index contributed by atoms with van der Waals surface area (Å²) in [5.41, 5.74) is 0.942. The van der Waals surface area contributed by atoms with E-state index in [0.717, 1.165) is 16.5 Å². The number of halogens is 3. The molecule has 1 aromatic heterocycles. The Bertz CT molecular complexity index is 536. The second-order valence-corrected chi connectivity index (χ2v) is 5.80. The lowest BCUT2D eigenvalue weighted by atomic mass is 10.00. The Balaban J connectivity index is 2.46. The zero-order valence-electron chi connectivity index (χ0n) is 10.4. The zero-order chi connectivity index (χ0) is 13.8. The lowest BCUT2D eigenvalue weighted by Gasteiger charge is -2.20. The Morgan fingerprint density at radius 2 is 1.95 bits per heavy atom. The van der Waals surface area contributed by atoms with E-state index in [0.29, 0.717) is 6.54 Å². The van der Waals surface area contributed by atoms with Crippen LogP contribution in [0.1, 0.15) is 30.5 Å². The van der Waals surface area contributed by atoms with E-state index < -0.39 is 17.7 Å². The summed E-state index contributed by atoms with van der Waals surface area (Å²) in [6.07, 6.45) is 0.897. The fourth-order valence-electron chi connectivity index (χ4n) is 1.94. The number of rotatable bonds is 5. The molecule has 0 fully saturated rings. The van der Waals surface area contributed by atoms with Crippen molar-refractivity contribution in [2.45, 2.75) is 19.4 Å². The van der Waals surface area contributed by atoms with Gasteiger partial charge in [0, 0.05) is 15.4 Å². The van der Waals surface area contributed by atoms with Gasteiger partial charge in [-0.3, -0.25) is 0 Å². The average molecular weight is 346 g/mol. The molecule has 19 heavy (non-hydrogen) atoms. The maximum atomic E-state index is 14.0. The van der Waals surface area contributed by atoms with Gasteiger partial charge in [-0.05, 0) is 52.0 Å². The Morgan fingerprint density at radius 1 is 1.26 bits per heavy atom. The third kappa shape index (κ3) is 3.22. The molecule has 0 bridgehead atoms. The molecule has 0 aliphatic heterocycles. The lowest BCUT2D eigenvalue weighted by molar-refractivity contribution is 0.503. The summed E-state index contributed by atoms with van der Waals surface area (Å²) in [5, 5.41) is 7.02. The highest BCUT2D eigenvalue weighted by atomic mass is 79.9. The van der Waals surface area contributed by atoms with E-state index in [4.69, 9.17) is 0 Å². The van der Waals surface area contributed by atoms with Crippen LogP contribution in [-0.2, 0) is 0 Å². The molecule has 0 saturated heterocycles. The maximum absolute atomic E-state index is 14.0. The number of nitrogens with one attached hydrogen (secondary N) is 1. The number of benzene rings is 1. The second-order valence-electron chi connectivity index (χ2n) is 4.20. The van der Waals surface area contributed by atoms with Crippen molar-refractivity contribution < 1.29 is 8.78 Å². The summed E-state index contributed by atoms with van der Waals surface area (Å²) >= 11 is 4.93. The highest BCUT2D eigenvalue weighted by Gasteiger charge is 2.23. The van der Waals surface area contributed by atoms with Crippen molar-refractivity contribution in [3.05, 3.63) is 56.2 Å². The van der Waals surface area contributed by atoms with Crippen molar-refractivity contribution in [3.8, 4) is 0 Å². The van der Waals surface area contributed by atoms with E-state index in [-0.39, 0.29) is 5.56 Å². The lowest BCUT2D eigenvalue weighted by Crippen LogP contribution is -2.25. The van der Waals surface area contributed by atoms with Crippen LogP contribution >= 0.6 is 27.3 Å². The molecule has 0 spiro atoms. The van der Waals surface area contributed by atoms with Crippen LogP contribution in [0.25, 0.3) is 0 Å². The quantitative estimate of drug-likeness (QED) is 0.814. The zero-order valence-corrected chi connectivity index (χ0v) is 12.8. The van der Waals surface area contributed by atoms with Crippen molar-refractivity contribution in [3.63, 3.8) is 0 Å². The van der Waals surface area contributed by atoms with Crippen LogP contribution in [0.15, 0.2) is 33.4 Å². The minimum Gasteiger partial charge on any atom is -0.306 e. The first kappa shape index (κ1) is 14.6. The fourth-order valence-corrected chi connectivity index (χ4v) is 3.49. The molecule has 1 N–H and O–H groups in total. The number of hydrogen-bond donors (Lipinski definition) is 1. The molecule has 5 heteroatoms. The smallest absolute Gasteiger partial charge is 0.131 e. The van der Waals surface area contributed by atoms with Crippen LogP contribution in [-0.4, -0.2) is 6.54 Å². The number of thiophene rings is 1. The Morgan fingerprint density at radius 3 is 2.47 bits per heavy atom. The minimum absolute atomic E-state index is 0.0788. The molecule has 0 aliphatic carbocycles. The van der Waals surface area contributed by atoms with E-state index in [2.05, 4.69) is 21.2 Å². The molecule has 2 rings (SSSR count). The first-order valence-corrected chi connectivity index (χ1v) is 7.77. The van der Waals surface area contributed by atoms with Crippen LogP contribution in [0.4, 0.5) is 8.78 Å². The Hall–Kier alpha value is -0.780. The topological polar surface area (TPSA) is 12.0 Å². The second kappa shape index (κ2) is 6.59. The van der Waals surface area contributed by atoms with Crippen LogP contribution in [0, 0.1) is 11.6 Å². The van der Waals surface area contributed by atoms with Gasteiger partial charge in [0.05, 0.1) is 6.04 Å². The van der Waals surface area contributed by atoms with Crippen molar-refractivity contribution in [2.75, 3.05) is 6.54 Å². The van der Waals surface area contributed by atoms with Crippen LogP contribution in [0.3, 0.4) is 0 Å². The molecule has 1 nitrogen and oxygen atoms in total. The van der Waals surface area contributed by atoms with Crippen molar-refractivity contribution in [1.29, 1.82) is 0 Å². The van der Waals surface area contributed by atoms with E-state index in [9.17, 15) is 8.78 Å². The molecule has 1 aromatic carbocycles. The van der Waals surface area contributed by atoms with Crippen molar-refractivity contribution in [1.82, 2.24) is 5.32 Å². The first-order chi connectivity index (χ1) is 9.15. The van der Waals surface area contributed by atoms with Gasteiger partial charge >= 0.3 is 0 Å². The molecule has 2 aromatic rings. The molecule has 1 heterocycles. The largest absolute Gasteiger partial charge is 0.306 e. The monoisotopic (exact) mass is 345 g/mol. The van der Waals surface area contributed by atoms with Crippen molar-refractivity contribution in [2.24, 2.45) is 0 Å². The van der Waals surface area contributed by atoms with Gasteiger partial charge in [0.1, 0.15) is 11.6 Å². The average Bonchev–Trinajstić information content (AvgIpc) is 2.79. The summed E-state index contributed by atoms with van der Waals surface area (Å²) in [6.45, 7) is 2.71. The molecule has 1 unspecified atom stereocenters. The molecule has 1 atom stereocenters. The van der Waals surface area contributed by atoms with Gasteiger partial charge in [-0.1, -0.05) is 13.0 Å². The molecule has 0 amide bonds. The van der Waals surface area contributed by atoms with Gasteiger partial charge in [-0.15, -0.1) is 0 Å². The molecule has 0 saturated carbocycles. The highest BCUT2D eigenvalue weighted by molar-refractivity contribution is 9.10. The maximum Gasteiger partial charge on any atom is 0.131 e. The molecule has 0 aliphatic rings. The molecule has 102 valence electrons. The number of hydrogen-bond acceptors (Lipinski definition) is 2. The molecular formula is C14H14BrF2NS. The van der Waals surface area contributed by atoms with E-state index in [1.807, 2.05) is 17.7 Å². The molecular weight excluding hydrogens is 332 g/mol. The van der Waals surface area contributed by atoms with E-state index in [1.165, 1.54) is 29.5 Å². The van der Waals surface area contributed by atoms with Gasteiger partial charge in [0.2, 0.25) is 0 Å². The summed E-state index contributed by atoms with van der Waals surface area (Å²) in [7, 11) is 0. The van der Waals surface area contributed by atoms with Gasteiger partial charge in [0.15, 0.2) is 0 Å². The highest BCUT2D eigenvalue weighted by Crippen LogP contribution is 2.33. The third-order valence-electron chi connectivity index (χ3n) is 2.84. The predicted molar refractivity (Wildman–Crippen MR) is 78.5 cm³/mol. The third-order valence-corrected chi connectivity index (χ3v) is 4.59. The molecule has 0 radical (unpaired) electrons. The van der Waals surface area contributed by atoms with Crippen molar-refractivity contribution >= 4 is 27.3 Å².